The number of imide groups is 1. The van der Waals surface area contributed by atoms with Gasteiger partial charge in [0.1, 0.15) is 11.6 Å². The third-order valence-electron chi connectivity index (χ3n) is 6.67. The van der Waals surface area contributed by atoms with E-state index in [4.69, 9.17) is 4.74 Å². The molecule has 2 saturated heterocycles. The van der Waals surface area contributed by atoms with Gasteiger partial charge in [-0.25, -0.2) is 9.59 Å². The van der Waals surface area contributed by atoms with E-state index in [0.29, 0.717) is 25.0 Å². The first-order valence-corrected chi connectivity index (χ1v) is 11.7. The van der Waals surface area contributed by atoms with E-state index in [1.165, 1.54) is 4.57 Å². The van der Waals surface area contributed by atoms with Gasteiger partial charge in [-0.15, -0.1) is 0 Å². The van der Waals surface area contributed by atoms with Crippen molar-refractivity contribution in [3.63, 3.8) is 0 Å². The van der Waals surface area contributed by atoms with Crippen molar-refractivity contribution >= 4 is 34.6 Å². The molecule has 10 nitrogen and oxygen atoms in total. The molecule has 1 unspecified atom stereocenters. The molecule has 1 aromatic carbocycles. The van der Waals surface area contributed by atoms with Crippen molar-refractivity contribution in [2.75, 3.05) is 25.0 Å². The van der Waals surface area contributed by atoms with Crippen molar-refractivity contribution in [3.8, 4) is 0 Å². The summed E-state index contributed by atoms with van der Waals surface area (Å²) in [6.45, 7) is 6.83. The Kier molecular flexibility index (Phi) is 6.18. The zero-order chi connectivity index (χ0) is 24.8. The number of hydrogen-bond acceptors (Lipinski definition) is 6. The first-order chi connectivity index (χ1) is 16.0. The third kappa shape index (κ3) is 4.53. The summed E-state index contributed by atoms with van der Waals surface area (Å²) in [5.41, 5.74) is 1.55. The molecule has 34 heavy (non-hydrogen) atoms. The zero-order valence-electron chi connectivity index (χ0n) is 20.5. The summed E-state index contributed by atoms with van der Waals surface area (Å²) < 4.78 is 8.52. The number of nitrogens with zero attached hydrogens (tertiary/aromatic N) is 4. The molecule has 2 fully saturated rings. The maximum atomic E-state index is 13.0. The summed E-state index contributed by atoms with van der Waals surface area (Å²) in [6, 6.07) is 5.31. The highest BCUT2D eigenvalue weighted by molar-refractivity contribution is 6.00. The van der Waals surface area contributed by atoms with Crippen LogP contribution in [0.4, 0.5) is 10.5 Å². The Morgan fingerprint density at radius 3 is 2.38 bits per heavy atom. The molecule has 1 N–H and O–H groups in total. The number of piperidine rings is 2. The molecule has 0 saturated carbocycles. The predicted molar refractivity (Wildman–Crippen MR) is 128 cm³/mol. The third-order valence-corrected chi connectivity index (χ3v) is 6.67. The number of rotatable bonds is 3. The van der Waals surface area contributed by atoms with E-state index >= 15 is 0 Å². The summed E-state index contributed by atoms with van der Waals surface area (Å²) in [4.78, 5) is 53.2. The molecule has 0 bridgehead atoms. The molecule has 4 rings (SSSR count). The summed E-state index contributed by atoms with van der Waals surface area (Å²) in [5.74, 6) is -0.750. The number of aryl methyl sites for hydroxylation is 1. The Morgan fingerprint density at radius 1 is 1.09 bits per heavy atom. The van der Waals surface area contributed by atoms with Crippen LogP contribution in [-0.2, 0) is 21.4 Å². The molecule has 2 aliphatic rings. The lowest BCUT2D eigenvalue weighted by Gasteiger charge is -2.38. The van der Waals surface area contributed by atoms with E-state index < -0.39 is 17.6 Å². The molecule has 3 heterocycles. The van der Waals surface area contributed by atoms with E-state index in [1.54, 1.807) is 16.5 Å². The molecule has 184 valence electrons. The van der Waals surface area contributed by atoms with Crippen LogP contribution in [0.2, 0.25) is 0 Å². The number of amides is 3. The van der Waals surface area contributed by atoms with Crippen LogP contribution < -0.4 is 15.9 Å². The van der Waals surface area contributed by atoms with Gasteiger partial charge in [0, 0.05) is 45.3 Å². The molecule has 10 heteroatoms. The Hall–Kier alpha value is -3.30. The second-order valence-electron chi connectivity index (χ2n) is 10.2. The van der Waals surface area contributed by atoms with Crippen molar-refractivity contribution in [3.05, 3.63) is 28.7 Å². The van der Waals surface area contributed by atoms with Crippen molar-refractivity contribution in [2.24, 2.45) is 7.05 Å². The van der Waals surface area contributed by atoms with Crippen LogP contribution in [-0.4, -0.2) is 63.7 Å². The second-order valence-corrected chi connectivity index (χ2v) is 10.2. The molecular formula is C24H33N5O5. The molecule has 3 amide bonds. The van der Waals surface area contributed by atoms with Gasteiger partial charge in [-0.05, 0) is 58.2 Å². The van der Waals surface area contributed by atoms with Gasteiger partial charge in [0.05, 0.1) is 11.0 Å². The van der Waals surface area contributed by atoms with Crippen LogP contribution in [0.5, 0.6) is 0 Å². The normalized spacial score (nSPS) is 19.9. The number of nitrogens with one attached hydrogen (secondary N) is 1. The fourth-order valence-corrected chi connectivity index (χ4v) is 4.77. The number of hydrogen-bond donors (Lipinski definition) is 1. The Morgan fingerprint density at radius 2 is 1.76 bits per heavy atom. The minimum Gasteiger partial charge on any atom is -0.444 e. The Balaban J connectivity index is 1.52. The summed E-state index contributed by atoms with van der Waals surface area (Å²) in [5, 5.41) is 2.33. The first kappa shape index (κ1) is 23.8. The summed E-state index contributed by atoms with van der Waals surface area (Å²) in [7, 11) is 3.71. The number of likely N-dealkylation sites (tertiary alicyclic amines) is 1. The van der Waals surface area contributed by atoms with E-state index in [-0.39, 0.29) is 30.2 Å². The topological polar surface area (TPSA) is 106 Å². The van der Waals surface area contributed by atoms with E-state index in [2.05, 4.69) is 10.2 Å². The van der Waals surface area contributed by atoms with Crippen molar-refractivity contribution in [1.82, 2.24) is 19.4 Å². The van der Waals surface area contributed by atoms with Crippen LogP contribution in [0.1, 0.15) is 52.5 Å². The molecular weight excluding hydrogens is 438 g/mol. The maximum absolute atomic E-state index is 13.0. The molecule has 1 atom stereocenters. The molecule has 0 radical (unpaired) electrons. The van der Waals surface area contributed by atoms with Crippen LogP contribution in [0.25, 0.3) is 11.0 Å². The number of anilines is 1. The van der Waals surface area contributed by atoms with Gasteiger partial charge in [-0.2, -0.15) is 0 Å². The minimum atomic E-state index is -0.699. The standard InChI is InChI=1S/C24H33N5O5/c1-24(2,3)34-23(33)28-12-10-15(11-13-28)26(4)16-6-7-17-19(14-16)27(5)22(32)29(17)18-8-9-20(30)25-21(18)31/h6-7,14-15,18H,8-13H2,1-5H3,(H,25,30,31). The van der Waals surface area contributed by atoms with Gasteiger partial charge >= 0.3 is 11.8 Å². The lowest BCUT2D eigenvalue weighted by atomic mass is 10.0. The highest BCUT2D eigenvalue weighted by Crippen LogP contribution is 2.28. The molecule has 2 aromatic rings. The highest BCUT2D eigenvalue weighted by Gasteiger charge is 2.32. The van der Waals surface area contributed by atoms with Crippen LogP contribution in [0, 0.1) is 0 Å². The van der Waals surface area contributed by atoms with E-state index in [1.807, 2.05) is 46.0 Å². The predicted octanol–water partition coefficient (Wildman–Crippen LogP) is 2.15. The van der Waals surface area contributed by atoms with Crippen molar-refractivity contribution in [1.29, 1.82) is 0 Å². The quantitative estimate of drug-likeness (QED) is 0.688. The fourth-order valence-electron chi connectivity index (χ4n) is 4.77. The molecule has 2 aliphatic heterocycles. The summed E-state index contributed by atoms with van der Waals surface area (Å²) in [6.07, 6.45) is 1.86. The van der Waals surface area contributed by atoms with Gasteiger partial charge in [0.2, 0.25) is 11.8 Å². The fraction of sp³-hybridized carbons (Fsp3) is 0.583. The number of imidazole rings is 1. The molecule has 0 spiro atoms. The molecule has 0 aliphatic carbocycles. The smallest absolute Gasteiger partial charge is 0.410 e. The lowest BCUT2D eigenvalue weighted by Crippen LogP contribution is -2.47. The minimum absolute atomic E-state index is 0.210. The van der Waals surface area contributed by atoms with E-state index in [9.17, 15) is 19.2 Å². The first-order valence-electron chi connectivity index (χ1n) is 11.7. The zero-order valence-corrected chi connectivity index (χ0v) is 20.5. The van der Waals surface area contributed by atoms with Gasteiger partial charge in [-0.3, -0.25) is 24.0 Å². The van der Waals surface area contributed by atoms with Gasteiger partial charge in [-0.1, -0.05) is 0 Å². The number of carbonyl (C=O) groups is 3. The number of benzene rings is 1. The maximum Gasteiger partial charge on any atom is 0.410 e. The van der Waals surface area contributed by atoms with Gasteiger partial charge in [0.15, 0.2) is 0 Å². The van der Waals surface area contributed by atoms with E-state index in [0.717, 1.165) is 24.0 Å². The largest absolute Gasteiger partial charge is 0.444 e. The van der Waals surface area contributed by atoms with Crippen molar-refractivity contribution < 1.29 is 19.1 Å². The second kappa shape index (κ2) is 8.81. The number of aromatic nitrogens is 2. The number of ether oxygens (including phenoxy) is 1. The Labute approximate surface area is 198 Å². The number of carbonyl (C=O) groups excluding carboxylic acids is 3. The van der Waals surface area contributed by atoms with Crippen LogP contribution in [0.3, 0.4) is 0 Å². The SMILES string of the molecule is CN(c1ccc2c(c1)n(C)c(=O)n2C1CCC(=O)NC1=O)C1CCN(C(=O)OC(C)(C)C)CC1. The van der Waals surface area contributed by atoms with Crippen molar-refractivity contribution in [2.45, 2.75) is 64.1 Å². The average Bonchev–Trinajstić information content (AvgIpc) is 3.02. The lowest BCUT2D eigenvalue weighted by molar-refractivity contribution is -0.135. The Bertz CT molecular complexity index is 1180. The summed E-state index contributed by atoms with van der Waals surface area (Å²) >= 11 is 0. The van der Waals surface area contributed by atoms with Crippen LogP contribution in [0.15, 0.2) is 23.0 Å². The van der Waals surface area contributed by atoms with Gasteiger partial charge < -0.3 is 14.5 Å². The van der Waals surface area contributed by atoms with Gasteiger partial charge in [0.25, 0.3) is 0 Å². The molecule has 1 aromatic heterocycles. The monoisotopic (exact) mass is 471 g/mol. The highest BCUT2D eigenvalue weighted by atomic mass is 16.6. The number of fused-ring (bicyclic) bond motifs is 1. The van der Waals surface area contributed by atoms with Crippen LogP contribution >= 0.6 is 0 Å². The average molecular weight is 472 g/mol.